The van der Waals surface area contributed by atoms with Gasteiger partial charge in [0.25, 0.3) is 0 Å². The van der Waals surface area contributed by atoms with E-state index in [2.05, 4.69) is 15.6 Å². The maximum atomic E-state index is 9.41. The van der Waals surface area contributed by atoms with Crippen molar-refractivity contribution >= 4 is 28.2 Å². The number of nitriles is 1. The number of aliphatic hydroxyl groups is 1. The van der Waals surface area contributed by atoms with E-state index in [-0.39, 0.29) is 6.61 Å². The fraction of sp³-hybridized carbons (Fsp3) is 0.263. The highest BCUT2D eigenvalue weighted by molar-refractivity contribution is 6.36. The molecular formula is C19H19ClN4O. The Bertz CT molecular complexity index is 1000. The van der Waals surface area contributed by atoms with Gasteiger partial charge in [-0.15, -0.1) is 0 Å². The number of nitrogen functional groups attached to an aromatic ring is 1. The minimum Gasteiger partial charge on any atom is -0.396 e. The summed E-state index contributed by atoms with van der Waals surface area (Å²) in [6.45, 7) is 4.72. The van der Waals surface area contributed by atoms with Crippen LogP contribution in [0.15, 0.2) is 24.5 Å². The number of aliphatic hydroxyl groups excluding tert-OH is 1. The molecule has 5 nitrogen and oxygen atoms in total. The van der Waals surface area contributed by atoms with Gasteiger partial charge in [-0.1, -0.05) is 11.6 Å². The van der Waals surface area contributed by atoms with Crippen LogP contribution in [0.5, 0.6) is 0 Å². The van der Waals surface area contributed by atoms with Gasteiger partial charge in [0.05, 0.1) is 28.5 Å². The van der Waals surface area contributed by atoms with E-state index in [1.807, 2.05) is 26.0 Å². The number of nitrogens with zero attached hydrogens (tertiary/aromatic N) is 3. The van der Waals surface area contributed by atoms with Gasteiger partial charge in [0.2, 0.25) is 0 Å². The highest BCUT2D eigenvalue weighted by Crippen LogP contribution is 2.40. The largest absolute Gasteiger partial charge is 0.396 e. The van der Waals surface area contributed by atoms with Crippen molar-refractivity contribution in [2.75, 3.05) is 12.3 Å². The van der Waals surface area contributed by atoms with Gasteiger partial charge in [-0.3, -0.25) is 4.98 Å². The van der Waals surface area contributed by atoms with Gasteiger partial charge in [-0.2, -0.15) is 5.26 Å². The zero-order valence-corrected chi connectivity index (χ0v) is 14.9. The van der Waals surface area contributed by atoms with Crippen LogP contribution in [-0.2, 0) is 6.54 Å². The van der Waals surface area contributed by atoms with E-state index < -0.39 is 0 Å². The lowest BCUT2D eigenvalue weighted by Gasteiger charge is -2.09. The van der Waals surface area contributed by atoms with Crippen molar-refractivity contribution in [2.24, 2.45) is 0 Å². The number of aromatic nitrogens is 2. The molecule has 0 unspecified atom stereocenters. The highest BCUT2D eigenvalue weighted by Gasteiger charge is 2.20. The lowest BCUT2D eigenvalue weighted by molar-refractivity contribution is 0.280. The predicted octanol–water partition coefficient (Wildman–Crippen LogP) is 3.81. The van der Waals surface area contributed by atoms with Crippen LogP contribution >= 0.6 is 11.6 Å². The molecule has 3 rings (SSSR count). The molecule has 128 valence electrons. The summed E-state index contributed by atoms with van der Waals surface area (Å²) in [5.41, 5.74) is 11.6. The van der Waals surface area contributed by atoms with Gasteiger partial charge in [-0.05, 0) is 38.0 Å². The van der Waals surface area contributed by atoms with Gasteiger partial charge in [0.15, 0.2) is 0 Å². The number of nitrogens with two attached hydrogens (primary N) is 1. The maximum absolute atomic E-state index is 9.41. The number of pyridine rings is 1. The molecule has 0 aliphatic rings. The molecule has 0 atom stereocenters. The second-order valence-corrected chi connectivity index (χ2v) is 6.45. The van der Waals surface area contributed by atoms with E-state index in [1.165, 1.54) is 6.20 Å². The van der Waals surface area contributed by atoms with Crippen LogP contribution in [0, 0.1) is 25.2 Å². The zero-order chi connectivity index (χ0) is 18.1. The van der Waals surface area contributed by atoms with Crippen LogP contribution in [-0.4, -0.2) is 21.3 Å². The first kappa shape index (κ1) is 17.3. The monoisotopic (exact) mass is 354 g/mol. The number of anilines is 1. The third kappa shape index (κ3) is 2.84. The van der Waals surface area contributed by atoms with Crippen LogP contribution in [0.3, 0.4) is 0 Å². The average Bonchev–Trinajstić information content (AvgIpc) is 2.85. The summed E-state index contributed by atoms with van der Waals surface area (Å²) in [6, 6.07) is 6.14. The molecular weight excluding hydrogens is 336 g/mol. The Morgan fingerprint density at radius 2 is 2.08 bits per heavy atom. The lowest BCUT2D eigenvalue weighted by Crippen LogP contribution is -2.02. The van der Waals surface area contributed by atoms with Gasteiger partial charge >= 0.3 is 0 Å². The second kappa shape index (κ2) is 6.75. The summed E-state index contributed by atoms with van der Waals surface area (Å²) < 4.78 is 2.15. The molecule has 0 saturated carbocycles. The van der Waals surface area contributed by atoms with Crippen LogP contribution in [0.2, 0.25) is 5.02 Å². The molecule has 0 amide bonds. The molecule has 2 heterocycles. The van der Waals surface area contributed by atoms with E-state index in [0.29, 0.717) is 29.2 Å². The number of aryl methyl sites for hydroxylation is 2. The third-order valence-corrected chi connectivity index (χ3v) is 4.93. The van der Waals surface area contributed by atoms with E-state index in [9.17, 15) is 10.4 Å². The van der Waals surface area contributed by atoms with Crippen molar-refractivity contribution in [1.82, 2.24) is 9.55 Å². The van der Waals surface area contributed by atoms with Crippen LogP contribution in [0.25, 0.3) is 22.0 Å². The molecule has 0 saturated heterocycles. The summed E-state index contributed by atoms with van der Waals surface area (Å²) in [5.74, 6) is 0. The van der Waals surface area contributed by atoms with Crippen LogP contribution in [0.4, 0.5) is 5.69 Å². The summed E-state index contributed by atoms with van der Waals surface area (Å²) >= 11 is 6.44. The Morgan fingerprint density at radius 3 is 2.76 bits per heavy atom. The number of hydrogen-bond donors (Lipinski definition) is 2. The molecule has 0 fully saturated rings. The summed E-state index contributed by atoms with van der Waals surface area (Å²) in [4.78, 5) is 4.18. The number of hydrogen-bond acceptors (Lipinski definition) is 4. The van der Waals surface area contributed by atoms with Crippen molar-refractivity contribution < 1.29 is 5.11 Å². The molecule has 0 aliphatic heterocycles. The second-order valence-electron chi connectivity index (χ2n) is 6.08. The van der Waals surface area contributed by atoms with Crippen molar-refractivity contribution in [1.29, 1.82) is 5.26 Å². The zero-order valence-electron chi connectivity index (χ0n) is 14.2. The number of rotatable bonds is 4. The van der Waals surface area contributed by atoms with Crippen molar-refractivity contribution in [3.8, 4) is 17.2 Å². The lowest BCUT2D eigenvalue weighted by atomic mass is 10.00. The maximum Gasteiger partial charge on any atom is 0.0994 e. The molecule has 25 heavy (non-hydrogen) atoms. The first-order valence-corrected chi connectivity index (χ1v) is 8.41. The Hall–Kier alpha value is -2.55. The number of fused-ring (bicyclic) bond motifs is 1. The number of benzene rings is 1. The predicted molar refractivity (Wildman–Crippen MR) is 100 cm³/mol. The minimum atomic E-state index is 0.115. The molecule has 6 heteroatoms. The Balaban J connectivity index is 2.39. The van der Waals surface area contributed by atoms with Crippen LogP contribution in [0.1, 0.15) is 23.2 Å². The normalized spacial score (nSPS) is 11.0. The van der Waals surface area contributed by atoms with Crippen LogP contribution < -0.4 is 5.73 Å². The molecule has 0 aliphatic carbocycles. The van der Waals surface area contributed by atoms with Gasteiger partial charge in [-0.25, -0.2) is 0 Å². The molecule has 1 aromatic carbocycles. The van der Waals surface area contributed by atoms with Crippen molar-refractivity contribution in [2.45, 2.75) is 26.8 Å². The smallest absolute Gasteiger partial charge is 0.0994 e. The summed E-state index contributed by atoms with van der Waals surface area (Å²) in [7, 11) is 0. The van der Waals surface area contributed by atoms with Crippen molar-refractivity contribution in [3.05, 3.63) is 46.4 Å². The van der Waals surface area contributed by atoms with E-state index in [0.717, 1.165) is 33.3 Å². The Kier molecular flexibility index (Phi) is 4.67. The first-order valence-electron chi connectivity index (χ1n) is 8.03. The van der Waals surface area contributed by atoms with Gasteiger partial charge < -0.3 is 15.4 Å². The SMILES string of the molecule is Cc1cc2c(cc1C#N)c(-c1cncc(N)c1Cl)c(C)n2CCCO. The summed E-state index contributed by atoms with van der Waals surface area (Å²) in [5, 5.41) is 20.0. The molecule has 0 bridgehead atoms. The minimum absolute atomic E-state index is 0.115. The Morgan fingerprint density at radius 1 is 1.32 bits per heavy atom. The first-order chi connectivity index (χ1) is 12.0. The van der Waals surface area contributed by atoms with Crippen molar-refractivity contribution in [3.63, 3.8) is 0 Å². The quantitative estimate of drug-likeness (QED) is 0.745. The van der Waals surface area contributed by atoms with E-state index in [4.69, 9.17) is 17.3 Å². The van der Waals surface area contributed by atoms with Gasteiger partial charge in [0.1, 0.15) is 0 Å². The fourth-order valence-corrected chi connectivity index (χ4v) is 3.43. The molecule has 0 radical (unpaired) electrons. The fourth-order valence-electron chi connectivity index (χ4n) is 3.24. The summed E-state index contributed by atoms with van der Waals surface area (Å²) in [6.07, 6.45) is 3.87. The average molecular weight is 355 g/mol. The van der Waals surface area contributed by atoms with Gasteiger partial charge in [0, 0.05) is 47.1 Å². The van der Waals surface area contributed by atoms with E-state index in [1.54, 1.807) is 6.20 Å². The van der Waals surface area contributed by atoms with E-state index >= 15 is 0 Å². The molecule has 0 spiro atoms. The topological polar surface area (TPSA) is 87.9 Å². The highest BCUT2D eigenvalue weighted by atomic mass is 35.5. The third-order valence-electron chi connectivity index (χ3n) is 4.51. The Labute approximate surface area is 151 Å². The molecule has 3 N–H and O–H groups in total. The number of halogens is 1. The standard InChI is InChI=1S/C19H19ClN4O/c1-11-6-17-14(7-13(11)8-21)18(12(2)24(17)4-3-5-25)15-9-23-10-16(22)19(15)20/h6-7,9-10,25H,3-5,22H2,1-2H3. The molecule has 2 aromatic heterocycles. The molecule has 3 aromatic rings.